The van der Waals surface area contributed by atoms with Gasteiger partial charge in [-0.25, -0.2) is 19.6 Å². The fourth-order valence-corrected chi connectivity index (χ4v) is 6.72. The van der Waals surface area contributed by atoms with Crippen LogP contribution in [0.5, 0.6) is 5.75 Å². The SMILES string of the molecule is CC(C)(C)OC(=O)NC1(c2nc3cc(-c4ccc5c(c4)OCCc4[nH]c(C6CCCN6C(=O)OC(C)(C)C)nc4-5)ccc3[nH]2)CCC1. The molecule has 11 heteroatoms. The number of H-pyrrole nitrogens is 2. The molecule has 1 saturated carbocycles. The Labute approximate surface area is 274 Å². The normalized spacial score (nSPS) is 18.9. The van der Waals surface area contributed by atoms with E-state index in [0.717, 1.165) is 88.6 Å². The standard InChI is InChI=1S/C36H44N6O5/c1-34(2,3)46-32(43)41-36(15-8-16-36)31-38-24-13-11-21(19-26(24)39-31)22-10-12-23-28(20-22)45-18-14-25-29(23)40-30(37-25)27-9-7-17-42(27)33(44)47-35(4,5)6/h10-13,19-20,27H,7-9,14-18H2,1-6H3,(H,37,40)(H,38,39)(H,41,43). The van der Waals surface area contributed by atoms with Crippen LogP contribution in [-0.4, -0.2) is 61.4 Å². The summed E-state index contributed by atoms with van der Waals surface area (Å²) in [6.07, 6.45) is 4.31. The molecule has 248 valence electrons. The maximum Gasteiger partial charge on any atom is 0.410 e. The Morgan fingerprint density at radius 3 is 2.43 bits per heavy atom. The lowest BCUT2D eigenvalue weighted by Gasteiger charge is -2.40. The summed E-state index contributed by atoms with van der Waals surface area (Å²) in [5, 5.41) is 3.09. The fraction of sp³-hybridized carbons (Fsp3) is 0.500. The Morgan fingerprint density at radius 2 is 1.70 bits per heavy atom. The second kappa shape index (κ2) is 11.3. The van der Waals surface area contributed by atoms with E-state index in [-0.39, 0.29) is 12.1 Å². The molecule has 47 heavy (non-hydrogen) atoms. The number of hydrogen-bond acceptors (Lipinski definition) is 7. The zero-order valence-corrected chi connectivity index (χ0v) is 28.1. The minimum atomic E-state index is -0.574. The molecule has 1 unspecified atom stereocenters. The number of benzene rings is 2. The van der Waals surface area contributed by atoms with Gasteiger partial charge in [0, 0.05) is 24.2 Å². The van der Waals surface area contributed by atoms with Gasteiger partial charge in [-0.2, -0.15) is 0 Å². The van der Waals surface area contributed by atoms with Gasteiger partial charge in [0.25, 0.3) is 0 Å². The van der Waals surface area contributed by atoms with Crippen LogP contribution in [0.3, 0.4) is 0 Å². The Balaban J connectivity index is 1.14. The first-order chi connectivity index (χ1) is 22.3. The molecule has 2 fully saturated rings. The van der Waals surface area contributed by atoms with Gasteiger partial charge in [-0.15, -0.1) is 0 Å². The van der Waals surface area contributed by atoms with Crippen LogP contribution in [0.15, 0.2) is 36.4 Å². The van der Waals surface area contributed by atoms with Gasteiger partial charge in [-0.3, -0.25) is 4.90 Å². The predicted molar refractivity (Wildman–Crippen MR) is 178 cm³/mol. The lowest BCUT2D eigenvalue weighted by molar-refractivity contribution is 0.0218. The zero-order chi connectivity index (χ0) is 33.1. The van der Waals surface area contributed by atoms with E-state index < -0.39 is 22.8 Å². The van der Waals surface area contributed by atoms with Crippen molar-refractivity contribution in [1.29, 1.82) is 0 Å². The van der Waals surface area contributed by atoms with Gasteiger partial charge in [-0.05, 0) is 109 Å². The van der Waals surface area contributed by atoms with Crippen molar-refractivity contribution < 1.29 is 23.8 Å². The minimum absolute atomic E-state index is 0.149. The van der Waals surface area contributed by atoms with Crippen molar-refractivity contribution in [3.8, 4) is 28.1 Å². The second-order valence-corrected chi connectivity index (χ2v) is 15.0. The highest BCUT2D eigenvalue weighted by molar-refractivity contribution is 5.84. The third kappa shape index (κ3) is 6.15. The van der Waals surface area contributed by atoms with Crippen LogP contribution < -0.4 is 10.1 Å². The number of nitrogens with zero attached hydrogens (tertiary/aromatic N) is 3. The van der Waals surface area contributed by atoms with Crippen LogP contribution in [0.2, 0.25) is 0 Å². The van der Waals surface area contributed by atoms with E-state index >= 15 is 0 Å². The van der Waals surface area contributed by atoms with Crippen LogP contribution in [0.25, 0.3) is 33.4 Å². The van der Waals surface area contributed by atoms with Crippen LogP contribution >= 0.6 is 0 Å². The Kier molecular flexibility index (Phi) is 7.48. The Hall–Kier alpha value is -4.54. The average Bonchev–Trinajstić information content (AvgIpc) is 3.69. The largest absolute Gasteiger partial charge is 0.492 e. The smallest absolute Gasteiger partial charge is 0.410 e. The number of carbonyl (C=O) groups excluding carboxylic acids is 2. The van der Waals surface area contributed by atoms with Crippen molar-refractivity contribution >= 4 is 23.2 Å². The summed E-state index contributed by atoms with van der Waals surface area (Å²) in [6, 6.07) is 12.2. The molecule has 2 aliphatic heterocycles. The highest BCUT2D eigenvalue weighted by atomic mass is 16.6. The zero-order valence-electron chi connectivity index (χ0n) is 28.1. The molecule has 2 amide bonds. The molecular weight excluding hydrogens is 596 g/mol. The van der Waals surface area contributed by atoms with Gasteiger partial charge in [-0.1, -0.05) is 12.1 Å². The van der Waals surface area contributed by atoms with Crippen molar-refractivity contribution in [2.24, 2.45) is 0 Å². The minimum Gasteiger partial charge on any atom is -0.492 e. The number of alkyl carbamates (subject to hydrolysis) is 1. The maximum absolute atomic E-state index is 13.0. The molecule has 7 rings (SSSR count). The van der Waals surface area contributed by atoms with Crippen molar-refractivity contribution in [2.45, 2.75) is 103 Å². The maximum atomic E-state index is 13.0. The third-order valence-electron chi connectivity index (χ3n) is 9.06. The third-order valence-corrected chi connectivity index (χ3v) is 9.06. The lowest BCUT2D eigenvalue weighted by Crippen LogP contribution is -2.52. The van der Waals surface area contributed by atoms with E-state index in [4.69, 9.17) is 24.2 Å². The highest BCUT2D eigenvalue weighted by Crippen LogP contribution is 2.42. The summed E-state index contributed by atoms with van der Waals surface area (Å²) in [4.78, 5) is 44.4. The Bertz CT molecular complexity index is 1840. The number of nitrogens with one attached hydrogen (secondary N) is 3. The molecule has 1 aliphatic carbocycles. The van der Waals surface area contributed by atoms with Crippen molar-refractivity contribution in [3.05, 3.63) is 53.7 Å². The second-order valence-electron chi connectivity index (χ2n) is 15.0. The summed E-state index contributed by atoms with van der Waals surface area (Å²) in [6.45, 7) is 12.4. The molecular formula is C36H44N6O5. The van der Waals surface area contributed by atoms with Gasteiger partial charge in [0.1, 0.15) is 34.1 Å². The number of aromatic amines is 2. The molecule has 0 radical (unpaired) electrons. The number of ether oxygens (including phenoxy) is 3. The molecule has 2 aromatic carbocycles. The van der Waals surface area contributed by atoms with Gasteiger partial charge in [0.05, 0.1) is 29.4 Å². The molecule has 1 atom stereocenters. The topological polar surface area (TPSA) is 134 Å². The molecule has 1 saturated heterocycles. The number of hydrogen-bond donors (Lipinski definition) is 3. The monoisotopic (exact) mass is 640 g/mol. The van der Waals surface area contributed by atoms with Crippen LogP contribution in [0.1, 0.15) is 97.0 Å². The van der Waals surface area contributed by atoms with E-state index in [1.807, 2.05) is 47.6 Å². The molecule has 2 aromatic heterocycles. The van der Waals surface area contributed by atoms with Crippen molar-refractivity contribution in [2.75, 3.05) is 13.2 Å². The van der Waals surface area contributed by atoms with E-state index in [2.05, 4.69) is 45.6 Å². The molecule has 0 bridgehead atoms. The first kappa shape index (κ1) is 31.1. The number of rotatable bonds is 4. The van der Waals surface area contributed by atoms with E-state index in [1.165, 1.54) is 0 Å². The molecule has 3 N–H and O–H groups in total. The predicted octanol–water partition coefficient (Wildman–Crippen LogP) is 7.53. The van der Waals surface area contributed by atoms with E-state index in [0.29, 0.717) is 19.6 Å². The fourth-order valence-electron chi connectivity index (χ4n) is 6.72. The number of imidazole rings is 2. The van der Waals surface area contributed by atoms with Gasteiger partial charge < -0.3 is 29.5 Å². The first-order valence-corrected chi connectivity index (χ1v) is 16.6. The summed E-state index contributed by atoms with van der Waals surface area (Å²) in [5.74, 6) is 2.31. The number of amides is 2. The van der Waals surface area contributed by atoms with Crippen molar-refractivity contribution in [3.63, 3.8) is 0 Å². The van der Waals surface area contributed by atoms with Gasteiger partial charge in [0.2, 0.25) is 0 Å². The van der Waals surface area contributed by atoms with Gasteiger partial charge in [0.15, 0.2) is 0 Å². The number of carbonyl (C=O) groups is 2. The number of likely N-dealkylation sites (tertiary alicyclic amines) is 1. The summed E-state index contributed by atoms with van der Waals surface area (Å²) >= 11 is 0. The summed E-state index contributed by atoms with van der Waals surface area (Å²) in [5.41, 5.74) is 4.88. The molecule has 11 nitrogen and oxygen atoms in total. The van der Waals surface area contributed by atoms with E-state index in [1.54, 1.807) is 4.90 Å². The summed E-state index contributed by atoms with van der Waals surface area (Å²) in [7, 11) is 0. The Morgan fingerprint density at radius 1 is 0.957 bits per heavy atom. The first-order valence-electron chi connectivity index (χ1n) is 16.6. The summed E-state index contributed by atoms with van der Waals surface area (Å²) < 4.78 is 17.5. The number of fused-ring (bicyclic) bond motifs is 4. The van der Waals surface area contributed by atoms with Crippen LogP contribution in [0.4, 0.5) is 9.59 Å². The lowest BCUT2D eigenvalue weighted by atomic mass is 9.76. The molecule has 4 aromatic rings. The molecule has 0 spiro atoms. The van der Waals surface area contributed by atoms with E-state index in [9.17, 15) is 9.59 Å². The molecule has 4 heterocycles. The van der Waals surface area contributed by atoms with Gasteiger partial charge >= 0.3 is 12.2 Å². The highest BCUT2D eigenvalue weighted by Gasteiger charge is 2.44. The number of aromatic nitrogens is 4. The van der Waals surface area contributed by atoms with Crippen LogP contribution in [-0.2, 0) is 21.4 Å². The molecule has 3 aliphatic rings. The van der Waals surface area contributed by atoms with Crippen molar-refractivity contribution in [1.82, 2.24) is 30.2 Å². The quantitative estimate of drug-likeness (QED) is 0.210. The van der Waals surface area contributed by atoms with Crippen LogP contribution in [0, 0.1) is 0 Å². The average molecular weight is 641 g/mol.